The molecule has 30 heavy (non-hydrogen) atoms. The molecule has 0 aliphatic heterocycles. The summed E-state index contributed by atoms with van der Waals surface area (Å²) >= 11 is 3.24. The van der Waals surface area contributed by atoms with Crippen LogP contribution in [0.5, 0.6) is 5.75 Å². The fraction of sp³-hybridized carbons (Fsp3) is 0.318. The van der Waals surface area contributed by atoms with Crippen molar-refractivity contribution in [3.8, 4) is 16.5 Å². The molecule has 0 N–H and O–H groups in total. The van der Waals surface area contributed by atoms with Crippen LogP contribution in [0, 0.1) is 5.92 Å². The van der Waals surface area contributed by atoms with E-state index < -0.39 is 0 Å². The van der Waals surface area contributed by atoms with Gasteiger partial charge in [0.1, 0.15) is 12.4 Å². The SMILES string of the molecule is CC(C)CCn1c(COc2ccccc2)nnc1SCc1csc(-c2ccco2)n1. The normalized spacial score (nSPS) is 11.3. The predicted molar refractivity (Wildman–Crippen MR) is 120 cm³/mol. The number of rotatable bonds is 10. The second-order valence-corrected chi connectivity index (χ2v) is 9.05. The van der Waals surface area contributed by atoms with Gasteiger partial charge in [-0.15, -0.1) is 21.5 Å². The second kappa shape index (κ2) is 9.95. The Labute approximate surface area is 184 Å². The third-order valence-corrected chi connectivity index (χ3v) is 6.37. The molecule has 4 aromatic rings. The van der Waals surface area contributed by atoms with Crippen LogP contribution in [-0.4, -0.2) is 19.7 Å². The minimum atomic E-state index is 0.398. The van der Waals surface area contributed by atoms with Crippen LogP contribution in [-0.2, 0) is 18.9 Å². The minimum Gasteiger partial charge on any atom is -0.486 e. The van der Waals surface area contributed by atoms with Gasteiger partial charge in [-0.1, -0.05) is 43.8 Å². The van der Waals surface area contributed by atoms with Gasteiger partial charge >= 0.3 is 0 Å². The monoisotopic (exact) mass is 440 g/mol. The number of hydrogen-bond donors (Lipinski definition) is 0. The number of para-hydroxylation sites is 1. The van der Waals surface area contributed by atoms with Gasteiger partial charge in [0.2, 0.25) is 0 Å². The van der Waals surface area contributed by atoms with Crippen molar-refractivity contribution in [2.45, 2.75) is 44.3 Å². The summed E-state index contributed by atoms with van der Waals surface area (Å²) in [5.41, 5.74) is 1.01. The molecule has 0 fully saturated rings. The van der Waals surface area contributed by atoms with Crippen molar-refractivity contribution in [2.75, 3.05) is 0 Å². The van der Waals surface area contributed by atoms with E-state index in [4.69, 9.17) is 9.15 Å². The Balaban J connectivity index is 1.44. The number of thiazole rings is 1. The van der Waals surface area contributed by atoms with Crippen molar-refractivity contribution < 1.29 is 9.15 Å². The van der Waals surface area contributed by atoms with Crippen LogP contribution in [0.3, 0.4) is 0 Å². The van der Waals surface area contributed by atoms with E-state index in [0.29, 0.717) is 12.5 Å². The first kappa shape index (κ1) is 20.7. The van der Waals surface area contributed by atoms with Crippen molar-refractivity contribution >= 4 is 23.1 Å². The van der Waals surface area contributed by atoms with Gasteiger partial charge in [0, 0.05) is 17.7 Å². The molecule has 0 aliphatic carbocycles. The van der Waals surface area contributed by atoms with Crippen LogP contribution in [0.1, 0.15) is 31.8 Å². The van der Waals surface area contributed by atoms with E-state index >= 15 is 0 Å². The summed E-state index contributed by atoms with van der Waals surface area (Å²) in [5.74, 6) is 3.81. The van der Waals surface area contributed by atoms with Crippen molar-refractivity contribution in [3.05, 3.63) is 65.6 Å². The summed E-state index contributed by atoms with van der Waals surface area (Å²) in [7, 11) is 0. The quantitative estimate of drug-likeness (QED) is 0.286. The topological polar surface area (TPSA) is 66.0 Å². The van der Waals surface area contributed by atoms with Gasteiger partial charge in [0.05, 0.1) is 12.0 Å². The molecule has 4 rings (SSSR count). The fourth-order valence-corrected chi connectivity index (χ4v) is 4.60. The van der Waals surface area contributed by atoms with E-state index in [9.17, 15) is 0 Å². The standard InChI is InChI=1S/C22H24N4O2S2/c1-16(2)10-11-26-20(13-28-18-7-4-3-5-8-18)24-25-22(26)30-15-17-14-29-21(23-17)19-9-6-12-27-19/h3-9,12,14,16H,10-11,13,15H2,1-2H3. The summed E-state index contributed by atoms with van der Waals surface area (Å²) in [4.78, 5) is 4.68. The summed E-state index contributed by atoms with van der Waals surface area (Å²) in [6.45, 7) is 5.72. The predicted octanol–water partition coefficient (Wildman–Crippen LogP) is 5.91. The maximum absolute atomic E-state index is 5.91. The average Bonchev–Trinajstić information content (AvgIpc) is 3.50. The fourth-order valence-electron chi connectivity index (χ4n) is 2.83. The van der Waals surface area contributed by atoms with E-state index in [0.717, 1.165) is 51.9 Å². The number of furan rings is 1. The number of ether oxygens (including phenoxy) is 1. The van der Waals surface area contributed by atoms with Gasteiger partial charge in [-0.2, -0.15) is 0 Å². The molecule has 0 aliphatic rings. The number of hydrogen-bond acceptors (Lipinski definition) is 7. The van der Waals surface area contributed by atoms with Crippen LogP contribution in [0.25, 0.3) is 10.8 Å². The Bertz CT molecular complexity index is 1040. The summed E-state index contributed by atoms with van der Waals surface area (Å²) < 4.78 is 13.5. The van der Waals surface area contributed by atoms with Gasteiger partial charge in [0.15, 0.2) is 21.7 Å². The van der Waals surface area contributed by atoms with E-state index in [1.165, 1.54) is 0 Å². The van der Waals surface area contributed by atoms with Crippen LogP contribution >= 0.6 is 23.1 Å². The number of aromatic nitrogens is 4. The molecule has 6 nitrogen and oxygen atoms in total. The lowest BCUT2D eigenvalue weighted by Gasteiger charge is -2.12. The van der Waals surface area contributed by atoms with E-state index in [2.05, 4.69) is 39.0 Å². The minimum absolute atomic E-state index is 0.398. The molecule has 0 saturated carbocycles. The van der Waals surface area contributed by atoms with E-state index in [-0.39, 0.29) is 0 Å². The zero-order valence-electron chi connectivity index (χ0n) is 17.0. The highest BCUT2D eigenvalue weighted by molar-refractivity contribution is 7.98. The number of thioether (sulfide) groups is 1. The third-order valence-electron chi connectivity index (χ3n) is 4.47. The zero-order chi connectivity index (χ0) is 20.8. The molecule has 0 spiro atoms. The lowest BCUT2D eigenvalue weighted by atomic mass is 10.1. The molecule has 8 heteroatoms. The van der Waals surface area contributed by atoms with Crippen molar-refractivity contribution in [1.82, 2.24) is 19.7 Å². The van der Waals surface area contributed by atoms with Crippen LogP contribution in [0.4, 0.5) is 0 Å². The van der Waals surface area contributed by atoms with Crippen LogP contribution in [0.2, 0.25) is 0 Å². The van der Waals surface area contributed by atoms with Gasteiger partial charge in [0.25, 0.3) is 0 Å². The molecule has 0 atom stereocenters. The summed E-state index contributed by atoms with van der Waals surface area (Å²) in [6.07, 6.45) is 2.73. The maximum Gasteiger partial charge on any atom is 0.191 e. The van der Waals surface area contributed by atoms with Crippen LogP contribution < -0.4 is 4.74 Å². The average molecular weight is 441 g/mol. The first-order chi connectivity index (χ1) is 14.7. The first-order valence-corrected chi connectivity index (χ1v) is 11.8. The Kier molecular flexibility index (Phi) is 6.86. The van der Waals surface area contributed by atoms with Crippen LogP contribution in [0.15, 0.2) is 63.7 Å². The molecule has 156 valence electrons. The van der Waals surface area contributed by atoms with Crippen molar-refractivity contribution in [2.24, 2.45) is 5.92 Å². The van der Waals surface area contributed by atoms with Crippen molar-refractivity contribution in [3.63, 3.8) is 0 Å². The number of nitrogens with zero attached hydrogens (tertiary/aromatic N) is 4. The second-order valence-electron chi connectivity index (χ2n) is 7.24. The first-order valence-electron chi connectivity index (χ1n) is 9.90. The molecule has 0 saturated heterocycles. The highest BCUT2D eigenvalue weighted by Gasteiger charge is 2.15. The Morgan fingerprint density at radius 3 is 2.77 bits per heavy atom. The highest BCUT2D eigenvalue weighted by Crippen LogP contribution is 2.28. The smallest absolute Gasteiger partial charge is 0.191 e. The molecule has 0 amide bonds. The zero-order valence-corrected chi connectivity index (χ0v) is 18.7. The highest BCUT2D eigenvalue weighted by atomic mass is 32.2. The lowest BCUT2D eigenvalue weighted by Crippen LogP contribution is -2.10. The lowest BCUT2D eigenvalue weighted by molar-refractivity contribution is 0.285. The van der Waals surface area contributed by atoms with E-state index in [1.807, 2.05) is 42.5 Å². The largest absolute Gasteiger partial charge is 0.486 e. The van der Waals surface area contributed by atoms with Gasteiger partial charge in [-0.25, -0.2) is 4.98 Å². The van der Waals surface area contributed by atoms with E-state index in [1.54, 1.807) is 29.4 Å². The maximum atomic E-state index is 5.91. The number of benzene rings is 1. The van der Waals surface area contributed by atoms with Gasteiger partial charge in [-0.05, 0) is 36.6 Å². The molecule has 1 aromatic carbocycles. The molecule has 3 aromatic heterocycles. The summed E-state index contributed by atoms with van der Waals surface area (Å²) in [6, 6.07) is 13.6. The Morgan fingerprint density at radius 1 is 1.13 bits per heavy atom. The van der Waals surface area contributed by atoms with Gasteiger partial charge < -0.3 is 13.7 Å². The summed E-state index contributed by atoms with van der Waals surface area (Å²) in [5, 5.41) is 12.7. The molecule has 0 radical (unpaired) electrons. The van der Waals surface area contributed by atoms with Gasteiger partial charge in [-0.3, -0.25) is 0 Å². The molecule has 3 heterocycles. The Hall–Kier alpha value is -2.58. The molecular formula is C22H24N4O2S2. The Morgan fingerprint density at radius 2 is 2.00 bits per heavy atom. The third kappa shape index (κ3) is 5.31. The van der Waals surface area contributed by atoms with Crippen molar-refractivity contribution in [1.29, 1.82) is 0 Å². The molecular weight excluding hydrogens is 416 g/mol. The molecule has 0 unspecified atom stereocenters. The molecule has 0 bridgehead atoms.